The highest BCUT2D eigenvalue weighted by atomic mass is 16.2. The van der Waals surface area contributed by atoms with Crippen molar-refractivity contribution in [1.29, 1.82) is 0 Å². The highest BCUT2D eigenvalue weighted by Crippen LogP contribution is 2.24. The molecule has 0 atom stereocenters. The van der Waals surface area contributed by atoms with Crippen molar-refractivity contribution in [3.63, 3.8) is 0 Å². The number of hydrazone groups is 1. The van der Waals surface area contributed by atoms with Crippen LogP contribution in [-0.2, 0) is 5.41 Å². The average molecular weight is 409 g/mol. The van der Waals surface area contributed by atoms with Crippen LogP contribution in [0.2, 0.25) is 0 Å². The van der Waals surface area contributed by atoms with Gasteiger partial charge in [-0.3, -0.25) is 9.78 Å². The zero-order valence-electron chi connectivity index (χ0n) is 17.8. The number of aromatic nitrogens is 2. The lowest BCUT2D eigenvalue weighted by Gasteiger charge is -2.18. The van der Waals surface area contributed by atoms with Gasteiger partial charge in [0.05, 0.1) is 23.0 Å². The lowest BCUT2D eigenvalue weighted by molar-refractivity contribution is 0.0956. The van der Waals surface area contributed by atoms with E-state index in [1.165, 1.54) is 5.56 Å². The molecular formula is C26H24N4O. The smallest absolute Gasteiger partial charge is 0.267 e. The molecule has 0 saturated heterocycles. The molecule has 5 nitrogen and oxygen atoms in total. The van der Waals surface area contributed by atoms with Crippen LogP contribution in [0.4, 0.5) is 0 Å². The first-order chi connectivity index (χ1) is 14.9. The Morgan fingerprint density at radius 1 is 1.00 bits per heavy atom. The van der Waals surface area contributed by atoms with Crippen molar-refractivity contribution >= 4 is 23.0 Å². The van der Waals surface area contributed by atoms with Crippen molar-refractivity contribution in [2.75, 3.05) is 0 Å². The molecule has 4 rings (SSSR count). The predicted molar refractivity (Wildman–Crippen MR) is 125 cm³/mol. The van der Waals surface area contributed by atoms with E-state index in [0.717, 1.165) is 22.0 Å². The molecule has 2 heterocycles. The second-order valence-electron chi connectivity index (χ2n) is 8.39. The van der Waals surface area contributed by atoms with Crippen molar-refractivity contribution in [1.82, 2.24) is 15.4 Å². The fraction of sp³-hybridized carbons (Fsp3) is 0.154. The first kappa shape index (κ1) is 20.4. The van der Waals surface area contributed by atoms with Gasteiger partial charge in [0.25, 0.3) is 5.91 Å². The molecule has 0 aliphatic rings. The molecular weight excluding hydrogens is 384 g/mol. The number of pyridine rings is 2. The third kappa shape index (κ3) is 4.67. The average Bonchev–Trinajstić information content (AvgIpc) is 2.78. The van der Waals surface area contributed by atoms with E-state index >= 15 is 0 Å². The SMILES string of the molecule is CC(C)(C)c1ccc(/C=N/NC(=O)c2cc(-c3cccnc3)nc3ccccc23)cc1. The Hall–Kier alpha value is -3.86. The lowest BCUT2D eigenvalue weighted by atomic mass is 9.87. The molecule has 1 N–H and O–H groups in total. The Labute approximate surface area is 181 Å². The van der Waals surface area contributed by atoms with E-state index < -0.39 is 0 Å². The normalized spacial score (nSPS) is 11.7. The summed E-state index contributed by atoms with van der Waals surface area (Å²) >= 11 is 0. The highest BCUT2D eigenvalue weighted by molar-refractivity contribution is 6.07. The number of para-hydroxylation sites is 1. The number of fused-ring (bicyclic) bond motifs is 1. The fourth-order valence-electron chi connectivity index (χ4n) is 3.32. The summed E-state index contributed by atoms with van der Waals surface area (Å²) in [5, 5.41) is 4.94. The minimum absolute atomic E-state index is 0.0955. The maximum Gasteiger partial charge on any atom is 0.272 e. The van der Waals surface area contributed by atoms with Gasteiger partial charge in [-0.2, -0.15) is 5.10 Å². The largest absolute Gasteiger partial charge is 0.272 e. The summed E-state index contributed by atoms with van der Waals surface area (Å²) in [6, 6.07) is 21.3. The molecule has 0 fully saturated rings. The third-order valence-electron chi connectivity index (χ3n) is 5.07. The van der Waals surface area contributed by atoms with Crippen molar-refractivity contribution < 1.29 is 4.79 Å². The maximum atomic E-state index is 12.9. The van der Waals surface area contributed by atoms with Gasteiger partial charge in [-0.15, -0.1) is 0 Å². The molecule has 31 heavy (non-hydrogen) atoms. The highest BCUT2D eigenvalue weighted by Gasteiger charge is 2.14. The molecule has 4 aromatic rings. The van der Waals surface area contributed by atoms with Gasteiger partial charge in [-0.25, -0.2) is 10.4 Å². The van der Waals surface area contributed by atoms with E-state index in [-0.39, 0.29) is 11.3 Å². The number of hydrogen-bond donors (Lipinski definition) is 1. The van der Waals surface area contributed by atoms with Crippen LogP contribution in [0.5, 0.6) is 0 Å². The molecule has 2 aromatic heterocycles. The van der Waals surface area contributed by atoms with Crippen LogP contribution in [0.3, 0.4) is 0 Å². The van der Waals surface area contributed by atoms with Gasteiger partial charge in [-0.1, -0.05) is 63.2 Å². The second kappa shape index (κ2) is 8.48. The molecule has 0 spiro atoms. The van der Waals surface area contributed by atoms with E-state index in [0.29, 0.717) is 11.3 Å². The summed E-state index contributed by atoms with van der Waals surface area (Å²) in [6.07, 6.45) is 5.09. The van der Waals surface area contributed by atoms with Crippen LogP contribution in [0.15, 0.2) is 84.2 Å². The zero-order valence-corrected chi connectivity index (χ0v) is 17.8. The summed E-state index contributed by atoms with van der Waals surface area (Å²) in [5.41, 5.74) is 7.73. The maximum absolute atomic E-state index is 12.9. The molecule has 0 radical (unpaired) electrons. The Morgan fingerprint density at radius 3 is 2.48 bits per heavy atom. The number of carbonyl (C=O) groups excluding carboxylic acids is 1. The van der Waals surface area contributed by atoms with E-state index in [1.54, 1.807) is 24.7 Å². The Bertz CT molecular complexity index is 1240. The predicted octanol–water partition coefficient (Wildman–Crippen LogP) is 5.36. The first-order valence-corrected chi connectivity index (χ1v) is 10.2. The van der Waals surface area contributed by atoms with Gasteiger partial charge < -0.3 is 0 Å². The molecule has 0 bridgehead atoms. The van der Waals surface area contributed by atoms with Crippen LogP contribution < -0.4 is 5.43 Å². The van der Waals surface area contributed by atoms with Crippen LogP contribution in [-0.4, -0.2) is 22.1 Å². The third-order valence-corrected chi connectivity index (χ3v) is 5.07. The van der Waals surface area contributed by atoms with Gasteiger partial charge in [0, 0.05) is 23.3 Å². The van der Waals surface area contributed by atoms with E-state index in [4.69, 9.17) is 0 Å². The monoisotopic (exact) mass is 408 g/mol. The number of rotatable bonds is 4. The topological polar surface area (TPSA) is 67.2 Å². The van der Waals surface area contributed by atoms with Gasteiger partial charge in [0.1, 0.15) is 0 Å². The van der Waals surface area contributed by atoms with Crippen LogP contribution in [0.25, 0.3) is 22.2 Å². The first-order valence-electron chi connectivity index (χ1n) is 10.2. The fourth-order valence-corrected chi connectivity index (χ4v) is 3.32. The Kier molecular flexibility index (Phi) is 5.58. The number of amides is 1. The van der Waals surface area contributed by atoms with Crippen LogP contribution in [0, 0.1) is 0 Å². The minimum Gasteiger partial charge on any atom is -0.267 e. The van der Waals surface area contributed by atoms with Crippen molar-refractivity contribution in [2.24, 2.45) is 5.10 Å². The Morgan fingerprint density at radius 2 is 1.77 bits per heavy atom. The quantitative estimate of drug-likeness (QED) is 0.365. The summed E-state index contributed by atoms with van der Waals surface area (Å²) in [6.45, 7) is 6.53. The van der Waals surface area contributed by atoms with Gasteiger partial charge in [0.2, 0.25) is 0 Å². The number of hydrogen-bond acceptors (Lipinski definition) is 4. The number of benzene rings is 2. The molecule has 0 unspecified atom stereocenters. The molecule has 0 aliphatic carbocycles. The van der Waals surface area contributed by atoms with Gasteiger partial charge >= 0.3 is 0 Å². The van der Waals surface area contributed by atoms with Gasteiger partial charge in [0.15, 0.2) is 0 Å². The van der Waals surface area contributed by atoms with Gasteiger partial charge in [-0.05, 0) is 40.8 Å². The second-order valence-corrected chi connectivity index (χ2v) is 8.39. The molecule has 0 saturated carbocycles. The Balaban J connectivity index is 1.59. The summed E-state index contributed by atoms with van der Waals surface area (Å²) < 4.78 is 0. The van der Waals surface area contributed by atoms with Crippen LogP contribution >= 0.6 is 0 Å². The standard InChI is InChI=1S/C26H24N4O/c1-26(2,3)20-12-10-18(11-13-20)16-28-30-25(31)22-15-24(19-7-6-14-27-17-19)29-23-9-5-4-8-21(22)23/h4-17H,1-3H3,(H,30,31)/b28-16+. The van der Waals surface area contributed by atoms with E-state index in [2.05, 4.69) is 53.4 Å². The van der Waals surface area contributed by atoms with Crippen molar-refractivity contribution in [3.8, 4) is 11.3 Å². The summed E-state index contributed by atoms with van der Waals surface area (Å²) in [4.78, 5) is 21.8. The molecule has 1 amide bonds. The molecule has 154 valence electrons. The number of carbonyl (C=O) groups is 1. The van der Waals surface area contributed by atoms with Crippen molar-refractivity contribution in [3.05, 3.63) is 95.8 Å². The van der Waals surface area contributed by atoms with E-state index in [9.17, 15) is 4.79 Å². The number of nitrogens with zero attached hydrogens (tertiary/aromatic N) is 3. The number of nitrogens with one attached hydrogen (secondary N) is 1. The van der Waals surface area contributed by atoms with E-state index in [1.807, 2.05) is 48.5 Å². The molecule has 2 aromatic carbocycles. The summed E-state index contributed by atoms with van der Waals surface area (Å²) in [5.74, 6) is -0.286. The minimum atomic E-state index is -0.286. The van der Waals surface area contributed by atoms with Crippen LogP contribution in [0.1, 0.15) is 42.3 Å². The van der Waals surface area contributed by atoms with Crippen molar-refractivity contribution in [2.45, 2.75) is 26.2 Å². The zero-order chi connectivity index (χ0) is 21.8. The molecule has 5 heteroatoms. The lowest BCUT2D eigenvalue weighted by Crippen LogP contribution is -2.18. The summed E-state index contributed by atoms with van der Waals surface area (Å²) in [7, 11) is 0. The molecule has 0 aliphatic heterocycles.